The lowest BCUT2D eigenvalue weighted by atomic mass is 10.0. The number of aryl methyl sites for hydroxylation is 1. The predicted molar refractivity (Wildman–Crippen MR) is 167 cm³/mol. The second-order valence-corrected chi connectivity index (χ2v) is 11.7. The minimum Gasteiger partial charge on any atom is -0.152 e. The summed E-state index contributed by atoms with van der Waals surface area (Å²) >= 11 is 1.80. The molecule has 0 N–H and O–H groups in total. The third-order valence-corrected chi connectivity index (χ3v) is 7.46. The Morgan fingerprint density at radius 3 is 1.22 bits per heavy atom. The van der Waals surface area contributed by atoms with E-state index in [-0.39, 0.29) is 0 Å². The van der Waals surface area contributed by atoms with Gasteiger partial charge in [0.15, 0.2) is 0 Å². The Balaban J connectivity index is 2.19. The highest BCUT2D eigenvalue weighted by atomic mass is 32.1. The third kappa shape index (κ3) is 18.4. The lowest BCUT2D eigenvalue weighted by Crippen LogP contribution is -1.84. The molecule has 0 nitrogen and oxygen atoms in total. The fraction of sp³-hybridized carbons (Fsp3) is 0.543. The zero-order valence-corrected chi connectivity index (χ0v) is 25.4. The molecular formula is C35H54S. The van der Waals surface area contributed by atoms with E-state index in [2.05, 4.69) is 102 Å². The molecule has 0 amide bonds. The van der Waals surface area contributed by atoms with E-state index in [1.165, 1.54) is 110 Å². The van der Waals surface area contributed by atoms with Crippen molar-refractivity contribution in [1.29, 1.82) is 0 Å². The standard InChI is InChI=1S/C35H54S/c1-29(2)14-8-15-30(3)16-9-17-31(4)18-10-19-32(5)20-11-21-33(6)22-12-23-34(7)24-13-25-35-26-27-36-28-35/h14,16,18,20,22,24,26-28H,8-13,15,17,19,21,23,25H2,1-7H3/b30-16+,31-18+,32-20+,33-22+,34-24+. The minimum absolute atomic E-state index is 1.16. The van der Waals surface area contributed by atoms with Crippen LogP contribution in [0.2, 0.25) is 0 Å². The van der Waals surface area contributed by atoms with Crippen LogP contribution in [0.3, 0.4) is 0 Å². The van der Waals surface area contributed by atoms with Gasteiger partial charge < -0.3 is 0 Å². The van der Waals surface area contributed by atoms with Crippen LogP contribution in [0.5, 0.6) is 0 Å². The summed E-state index contributed by atoms with van der Waals surface area (Å²) in [4.78, 5) is 0. The summed E-state index contributed by atoms with van der Waals surface area (Å²) < 4.78 is 0. The van der Waals surface area contributed by atoms with Crippen molar-refractivity contribution in [2.75, 3.05) is 0 Å². The maximum Gasteiger partial charge on any atom is -0.00611 e. The molecule has 0 aliphatic rings. The molecule has 0 saturated heterocycles. The predicted octanol–water partition coefficient (Wildman–Crippen LogP) is 12.3. The van der Waals surface area contributed by atoms with Crippen LogP contribution < -0.4 is 0 Å². The lowest BCUT2D eigenvalue weighted by molar-refractivity contribution is 0.884. The van der Waals surface area contributed by atoms with E-state index in [1.807, 2.05) is 0 Å². The van der Waals surface area contributed by atoms with Gasteiger partial charge in [0.2, 0.25) is 0 Å². The highest BCUT2D eigenvalue weighted by Gasteiger charge is 1.96. The SMILES string of the molecule is CC(C)=CCC/C(C)=C/CC/C(C)=C/CC/C(C)=C/CC/C(C)=C/CC/C(C)=C/CCc1ccsc1. The van der Waals surface area contributed by atoms with E-state index in [0.717, 1.165) is 6.42 Å². The number of hydrogen-bond acceptors (Lipinski definition) is 1. The average Bonchev–Trinajstić information content (AvgIpc) is 3.32. The van der Waals surface area contributed by atoms with Gasteiger partial charge >= 0.3 is 0 Å². The van der Waals surface area contributed by atoms with E-state index < -0.39 is 0 Å². The van der Waals surface area contributed by atoms with E-state index in [9.17, 15) is 0 Å². The third-order valence-electron chi connectivity index (χ3n) is 6.72. The number of hydrogen-bond donors (Lipinski definition) is 0. The van der Waals surface area contributed by atoms with Gasteiger partial charge in [-0.05, 0) is 148 Å². The Labute approximate surface area is 228 Å². The Morgan fingerprint density at radius 1 is 0.528 bits per heavy atom. The van der Waals surface area contributed by atoms with Gasteiger partial charge in [-0.1, -0.05) is 69.9 Å². The van der Waals surface area contributed by atoms with Gasteiger partial charge in [-0.15, -0.1) is 0 Å². The van der Waals surface area contributed by atoms with Gasteiger partial charge in [-0.3, -0.25) is 0 Å². The number of allylic oxidation sites excluding steroid dienone is 12. The van der Waals surface area contributed by atoms with Crippen LogP contribution in [-0.4, -0.2) is 0 Å². The maximum atomic E-state index is 2.45. The summed E-state index contributed by atoms with van der Waals surface area (Å²) in [6.45, 7) is 15.8. The molecule has 0 bridgehead atoms. The van der Waals surface area contributed by atoms with Crippen molar-refractivity contribution in [1.82, 2.24) is 0 Å². The molecule has 0 aromatic carbocycles. The van der Waals surface area contributed by atoms with Crippen LogP contribution in [0.25, 0.3) is 0 Å². The van der Waals surface area contributed by atoms with Crippen LogP contribution in [0, 0.1) is 0 Å². The molecule has 0 saturated carbocycles. The van der Waals surface area contributed by atoms with Crippen molar-refractivity contribution < 1.29 is 0 Å². The van der Waals surface area contributed by atoms with Crippen molar-refractivity contribution in [3.63, 3.8) is 0 Å². The molecule has 1 heteroatoms. The normalized spacial score (nSPS) is 13.9. The molecule has 0 atom stereocenters. The number of rotatable bonds is 18. The number of thiophene rings is 1. The topological polar surface area (TPSA) is 0 Å². The molecule has 0 radical (unpaired) electrons. The van der Waals surface area contributed by atoms with Crippen LogP contribution in [-0.2, 0) is 6.42 Å². The Kier molecular flexibility index (Phi) is 18.1. The lowest BCUT2D eigenvalue weighted by Gasteiger charge is -2.04. The fourth-order valence-corrected chi connectivity index (χ4v) is 4.91. The monoisotopic (exact) mass is 506 g/mol. The summed E-state index contributed by atoms with van der Waals surface area (Å²) in [5.74, 6) is 0. The molecule has 1 aromatic heterocycles. The van der Waals surface area contributed by atoms with Gasteiger partial charge in [0.05, 0.1) is 0 Å². The van der Waals surface area contributed by atoms with Crippen molar-refractivity contribution in [2.45, 2.75) is 126 Å². The zero-order chi connectivity index (χ0) is 26.6. The average molecular weight is 507 g/mol. The first-order valence-electron chi connectivity index (χ1n) is 14.2. The van der Waals surface area contributed by atoms with E-state index in [1.54, 1.807) is 11.3 Å². The fourth-order valence-electron chi connectivity index (χ4n) is 4.20. The summed E-state index contributed by atoms with van der Waals surface area (Å²) in [5, 5.41) is 4.43. The maximum absolute atomic E-state index is 2.45. The molecule has 0 aliphatic carbocycles. The first kappa shape index (κ1) is 32.2. The van der Waals surface area contributed by atoms with E-state index in [0.29, 0.717) is 0 Å². The van der Waals surface area contributed by atoms with E-state index in [4.69, 9.17) is 0 Å². The van der Waals surface area contributed by atoms with Crippen LogP contribution in [0.15, 0.2) is 86.7 Å². The molecule has 1 rings (SSSR count). The Hall–Kier alpha value is -1.86. The molecule has 36 heavy (non-hydrogen) atoms. The summed E-state index contributed by atoms with van der Waals surface area (Å²) in [5.41, 5.74) is 10.5. The summed E-state index contributed by atoms with van der Waals surface area (Å²) in [6, 6.07) is 2.24. The molecule has 200 valence electrons. The van der Waals surface area contributed by atoms with E-state index >= 15 is 0 Å². The summed E-state index contributed by atoms with van der Waals surface area (Å²) in [6.07, 6.45) is 28.7. The van der Waals surface area contributed by atoms with Crippen LogP contribution in [0.1, 0.15) is 125 Å². The van der Waals surface area contributed by atoms with Gasteiger partial charge in [0.25, 0.3) is 0 Å². The zero-order valence-electron chi connectivity index (χ0n) is 24.6. The molecule has 0 aliphatic heterocycles. The second kappa shape index (κ2) is 20.2. The van der Waals surface area contributed by atoms with Crippen molar-refractivity contribution >= 4 is 11.3 Å². The minimum atomic E-state index is 1.16. The molecule has 0 fully saturated rings. The Bertz CT molecular complexity index is 892. The Morgan fingerprint density at radius 2 is 0.889 bits per heavy atom. The molecule has 1 heterocycles. The van der Waals surface area contributed by atoms with Gasteiger partial charge in [0, 0.05) is 0 Å². The van der Waals surface area contributed by atoms with Crippen molar-refractivity contribution in [3.05, 3.63) is 92.3 Å². The quantitative estimate of drug-likeness (QED) is 0.174. The van der Waals surface area contributed by atoms with Gasteiger partial charge in [-0.25, -0.2) is 0 Å². The highest BCUT2D eigenvalue weighted by molar-refractivity contribution is 7.07. The first-order valence-corrected chi connectivity index (χ1v) is 15.1. The van der Waals surface area contributed by atoms with Gasteiger partial charge in [0.1, 0.15) is 0 Å². The molecular weight excluding hydrogens is 452 g/mol. The molecule has 0 unspecified atom stereocenters. The smallest absolute Gasteiger partial charge is 0.00611 e. The summed E-state index contributed by atoms with van der Waals surface area (Å²) in [7, 11) is 0. The largest absolute Gasteiger partial charge is 0.152 e. The second-order valence-electron chi connectivity index (χ2n) is 10.9. The molecule has 0 spiro atoms. The van der Waals surface area contributed by atoms with Crippen molar-refractivity contribution in [3.8, 4) is 0 Å². The first-order chi connectivity index (χ1) is 17.3. The van der Waals surface area contributed by atoms with Crippen LogP contribution >= 0.6 is 11.3 Å². The van der Waals surface area contributed by atoms with Crippen LogP contribution in [0.4, 0.5) is 0 Å². The highest BCUT2D eigenvalue weighted by Crippen LogP contribution is 2.16. The van der Waals surface area contributed by atoms with Crippen molar-refractivity contribution in [2.24, 2.45) is 0 Å². The molecule has 1 aromatic rings. The van der Waals surface area contributed by atoms with Gasteiger partial charge in [-0.2, -0.15) is 11.3 Å².